The van der Waals surface area contributed by atoms with Crippen LogP contribution in [0.25, 0.3) is 6.08 Å². The van der Waals surface area contributed by atoms with Gasteiger partial charge < -0.3 is 19.1 Å². The lowest BCUT2D eigenvalue weighted by Gasteiger charge is -2.25. The van der Waals surface area contributed by atoms with Gasteiger partial charge in [-0.05, 0) is 73.1 Å². The molecule has 0 unspecified atom stereocenters. The summed E-state index contributed by atoms with van der Waals surface area (Å²) in [4.78, 5) is 14.9. The molecule has 1 amide bonds. The molecule has 2 aliphatic rings. The number of hydrogen-bond acceptors (Lipinski definition) is 4. The number of methoxy groups -OCH3 is 2. The summed E-state index contributed by atoms with van der Waals surface area (Å²) in [6, 6.07) is 14.1. The van der Waals surface area contributed by atoms with Gasteiger partial charge in [0.2, 0.25) is 5.91 Å². The monoisotopic (exact) mass is 421 g/mol. The minimum Gasteiger partial charge on any atom is -0.493 e. The number of ether oxygens (including phenoxy) is 3. The molecule has 5 nitrogen and oxygen atoms in total. The van der Waals surface area contributed by atoms with E-state index in [2.05, 4.69) is 12.1 Å². The Hall–Kier alpha value is -2.95. The Labute approximate surface area is 184 Å². The Morgan fingerprint density at radius 1 is 1.00 bits per heavy atom. The van der Waals surface area contributed by atoms with Crippen LogP contribution in [0.2, 0.25) is 0 Å². The van der Waals surface area contributed by atoms with Crippen LogP contribution in [0, 0.1) is 5.92 Å². The van der Waals surface area contributed by atoms with Gasteiger partial charge in [0.05, 0.1) is 20.8 Å². The summed E-state index contributed by atoms with van der Waals surface area (Å²) in [7, 11) is 3.21. The number of benzene rings is 2. The summed E-state index contributed by atoms with van der Waals surface area (Å²) in [6.45, 7) is 1.43. The Kier molecular flexibility index (Phi) is 6.80. The number of nitrogens with zero attached hydrogens (tertiary/aromatic N) is 1. The zero-order chi connectivity index (χ0) is 21.6. The molecule has 2 aliphatic carbocycles. The predicted octanol–water partition coefficient (Wildman–Crippen LogP) is 5.09. The van der Waals surface area contributed by atoms with Crippen LogP contribution in [-0.4, -0.2) is 37.7 Å². The van der Waals surface area contributed by atoms with Crippen molar-refractivity contribution in [3.05, 3.63) is 59.7 Å². The first-order valence-corrected chi connectivity index (χ1v) is 11.1. The van der Waals surface area contributed by atoms with Crippen LogP contribution in [0.15, 0.2) is 48.5 Å². The quantitative estimate of drug-likeness (QED) is 0.502. The second kappa shape index (κ2) is 9.90. The van der Waals surface area contributed by atoms with Crippen molar-refractivity contribution in [3.63, 3.8) is 0 Å². The van der Waals surface area contributed by atoms with Gasteiger partial charge in [0, 0.05) is 18.7 Å². The van der Waals surface area contributed by atoms with E-state index in [1.165, 1.54) is 19.3 Å². The molecule has 0 atom stereocenters. The van der Waals surface area contributed by atoms with E-state index in [9.17, 15) is 4.79 Å². The lowest BCUT2D eigenvalue weighted by atomic mass is 9.86. The number of carbonyl (C=O) groups is 1. The van der Waals surface area contributed by atoms with Gasteiger partial charge in [-0.25, -0.2) is 0 Å². The standard InChI is InChI=1S/C26H31NO4/c1-29-24-14-8-19(16-25(24)30-2)9-15-26(28)27(22-10-11-22)17-20-6-12-23(13-7-20)31-18-21-4-3-5-21/h6-9,12-16,21-22H,3-5,10-11,17-18H2,1-2H3. The van der Waals surface area contributed by atoms with Crippen molar-refractivity contribution < 1.29 is 19.0 Å². The summed E-state index contributed by atoms with van der Waals surface area (Å²) in [5.74, 6) is 2.98. The fourth-order valence-electron chi connectivity index (χ4n) is 3.75. The van der Waals surface area contributed by atoms with Crippen LogP contribution >= 0.6 is 0 Å². The molecule has 2 aromatic carbocycles. The van der Waals surface area contributed by atoms with E-state index in [-0.39, 0.29) is 5.91 Å². The summed E-state index contributed by atoms with van der Waals surface area (Å²) < 4.78 is 16.5. The molecule has 0 saturated heterocycles. The molecular weight excluding hydrogens is 390 g/mol. The average molecular weight is 422 g/mol. The van der Waals surface area contributed by atoms with E-state index in [0.29, 0.717) is 24.1 Å². The molecule has 0 heterocycles. The van der Waals surface area contributed by atoms with Crippen LogP contribution < -0.4 is 14.2 Å². The van der Waals surface area contributed by atoms with Gasteiger partial charge in [-0.1, -0.05) is 24.6 Å². The van der Waals surface area contributed by atoms with E-state index in [0.717, 1.165) is 42.2 Å². The molecule has 0 aliphatic heterocycles. The molecule has 5 heteroatoms. The second-order valence-corrected chi connectivity index (χ2v) is 8.40. The zero-order valence-electron chi connectivity index (χ0n) is 18.4. The molecule has 0 radical (unpaired) electrons. The molecule has 0 spiro atoms. The number of hydrogen-bond donors (Lipinski definition) is 0. The predicted molar refractivity (Wildman–Crippen MR) is 121 cm³/mol. The van der Waals surface area contributed by atoms with Gasteiger partial charge in [0.15, 0.2) is 11.5 Å². The van der Waals surface area contributed by atoms with E-state index in [1.54, 1.807) is 20.3 Å². The molecule has 2 saturated carbocycles. The molecule has 0 N–H and O–H groups in total. The van der Waals surface area contributed by atoms with Crippen molar-refractivity contribution in [2.24, 2.45) is 5.92 Å². The number of carbonyl (C=O) groups excluding carboxylic acids is 1. The fourth-order valence-corrected chi connectivity index (χ4v) is 3.75. The summed E-state index contributed by atoms with van der Waals surface area (Å²) in [5.41, 5.74) is 2.02. The first-order valence-electron chi connectivity index (χ1n) is 11.1. The maximum absolute atomic E-state index is 12.9. The largest absolute Gasteiger partial charge is 0.493 e. The van der Waals surface area contributed by atoms with Gasteiger partial charge >= 0.3 is 0 Å². The fraction of sp³-hybridized carbons (Fsp3) is 0.423. The molecule has 0 aromatic heterocycles. The van der Waals surface area contributed by atoms with Crippen LogP contribution in [0.4, 0.5) is 0 Å². The lowest BCUT2D eigenvalue weighted by Crippen LogP contribution is -2.31. The third-order valence-electron chi connectivity index (χ3n) is 6.08. The minimum atomic E-state index is 0.0302. The molecule has 2 fully saturated rings. The first-order chi connectivity index (χ1) is 15.2. The average Bonchev–Trinajstić information content (AvgIpc) is 3.60. The SMILES string of the molecule is COc1ccc(C=CC(=O)N(Cc2ccc(OCC3CCC3)cc2)C2CC2)cc1OC. The Bertz CT molecular complexity index is 914. The van der Waals surface area contributed by atoms with Crippen molar-refractivity contribution in [2.75, 3.05) is 20.8 Å². The van der Waals surface area contributed by atoms with Crippen molar-refractivity contribution in [3.8, 4) is 17.2 Å². The van der Waals surface area contributed by atoms with Crippen LogP contribution in [0.5, 0.6) is 17.2 Å². The second-order valence-electron chi connectivity index (χ2n) is 8.40. The molecule has 2 aromatic rings. The zero-order valence-corrected chi connectivity index (χ0v) is 18.4. The van der Waals surface area contributed by atoms with Gasteiger partial charge in [0.25, 0.3) is 0 Å². The third-order valence-corrected chi connectivity index (χ3v) is 6.08. The summed E-state index contributed by atoms with van der Waals surface area (Å²) in [6.07, 6.45) is 9.52. The highest BCUT2D eigenvalue weighted by Gasteiger charge is 2.31. The first kappa shape index (κ1) is 21.3. The number of amides is 1. The van der Waals surface area contributed by atoms with E-state index >= 15 is 0 Å². The van der Waals surface area contributed by atoms with Gasteiger partial charge in [-0.2, -0.15) is 0 Å². The Balaban J connectivity index is 1.37. The van der Waals surface area contributed by atoms with Crippen molar-refractivity contribution >= 4 is 12.0 Å². The number of rotatable bonds is 10. The van der Waals surface area contributed by atoms with Crippen LogP contribution in [0.3, 0.4) is 0 Å². The highest BCUT2D eigenvalue weighted by molar-refractivity contribution is 5.92. The maximum atomic E-state index is 12.9. The summed E-state index contributed by atoms with van der Waals surface area (Å²) >= 11 is 0. The molecule has 31 heavy (non-hydrogen) atoms. The molecular formula is C26H31NO4. The van der Waals surface area contributed by atoms with Crippen molar-refractivity contribution in [1.29, 1.82) is 0 Å². The lowest BCUT2D eigenvalue weighted by molar-refractivity contribution is -0.127. The van der Waals surface area contributed by atoms with Crippen LogP contribution in [-0.2, 0) is 11.3 Å². The minimum absolute atomic E-state index is 0.0302. The normalized spacial score (nSPS) is 16.1. The third kappa shape index (κ3) is 5.60. The van der Waals surface area contributed by atoms with E-state index in [4.69, 9.17) is 14.2 Å². The molecule has 4 rings (SSSR count). The highest BCUT2D eigenvalue weighted by Crippen LogP contribution is 2.31. The van der Waals surface area contributed by atoms with Crippen molar-refractivity contribution in [2.45, 2.75) is 44.7 Å². The van der Waals surface area contributed by atoms with Gasteiger partial charge in [-0.15, -0.1) is 0 Å². The summed E-state index contributed by atoms with van der Waals surface area (Å²) in [5, 5.41) is 0. The Morgan fingerprint density at radius 3 is 2.35 bits per heavy atom. The van der Waals surface area contributed by atoms with E-state index < -0.39 is 0 Å². The topological polar surface area (TPSA) is 48.0 Å². The van der Waals surface area contributed by atoms with Crippen molar-refractivity contribution in [1.82, 2.24) is 4.90 Å². The van der Waals surface area contributed by atoms with Gasteiger partial charge in [-0.3, -0.25) is 4.79 Å². The maximum Gasteiger partial charge on any atom is 0.247 e. The molecule has 0 bridgehead atoms. The van der Waals surface area contributed by atoms with Gasteiger partial charge in [0.1, 0.15) is 5.75 Å². The van der Waals surface area contributed by atoms with E-state index in [1.807, 2.05) is 41.3 Å². The molecule has 164 valence electrons. The van der Waals surface area contributed by atoms with Crippen LogP contribution in [0.1, 0.15) is 43.2 Å². The smallest absolute Gasteiger partial charge is 0.247 e. The Morgan fingerprint density at radius 2 is 1.74 bits per heavy atom. The highest BCUT2D eigenvalue weighted by atomic mass is 16.5.